The van der Waals surface area contributed by atoms with E-state index in [1.165, 1.54) is 0 Å². The van der Waals surface area contributed by atoms with Crippen LogP contribution < -0.4 is 0 Å². The minimum Gasteiger partial charge on any atom is -0.396 e. The number of alkyl halides is 1. The molecule has 0 aromatic heterocycles. The maximum atomic E-state index is 12.4. The van der Waals surface area contributed by atoms with Crippen molar-refractivity contribution in [2.45, 2.75) is 6.17 Å². The molecule has 1 fully saturated rings. The summed E-state index contributed by atoms with van der Waals surface area (Å²) in [7, 11) is 0. The van der Waals surface area contributed by atoms with Gasteiger partial charge in [0.1, 0.15) is 6.17 Å². The van der Waals surface area contributed by atoms with Crippen LogP contribution in [-0.4, -0.2) is 29.4 Å². The zero-order chi connectivity index (χ0) is 5.98. The fourth-order valence-electron chi connectivity index (χ4n) is 0.740. The number of thioether (sulfide) groups is 1. The summed E-state index contributed by atoms with van der Waals surface area (Å²) in [6, 6.07) is 0. The van der Waals surface area contributed by atoms with E-state index in [9.17, 15) is 4.39 Å². The highest BCUT2D eigenvalue weighted by Gasteiger charge is 2.26. The van der Waals surface area contributed by atoms with Crippen LogP contribution in [0.15, 0.2) is 0 Å². The van der Waals surface area contributed by atoms with Crippen molar-refractivity contribution in [3.05, 3.63) is 0 Å². The largest absolute Gasteiger partial charge is 0.396 e. The van der Waals surface area contributed by atoms with Crippen LogP contribution in [0.5, 0.6) is 0 Å². The van der Waals surface area contributed by atoms with E-state index >= 15 is 0 Å². The SMILES string of the molecule is OC[C@H]1CSC[C@H]1F. The maximum absolute atomic E-state index is 12.4. The molecule has 0 aliphatic carbocycles. The Balaban J connectivity index is 2.30. The molecule has 1 aliphatic rings. The number of halogens is 1. The lowest BCUT2D eigenvalue weighted by atomic mass is 10.1. The van der Waals surface area contributed by atoms with Crippen LogP contribution in [0.2, 0.25) is 0 Å². The highest BCUT2D eigenvalue weighted by atomic mass is 32.2. The molecule has 1 saturated heterocycles. The second-order valence-corrected chi connectivity index (χ2v) is 3.07. The van der Waals surface area contributed by atoms with E-state index in [0.29, 0.717) is 5.75 Å². The number of hydrogen-bond acceptors (Lipinski definition) is 2. The third kappa shape index (κ3) is 1.14. The molecule has 0 radical (unpaired) electrons. The quantitative estimate of drug-likeness (QED) is 0.572. The van der Waals surface area contributed by atoms with Gasteiger partial charge in [-0.3, -0.25) is 0 Å². The van der Waals surface area contributed by atoms with Crippen LogP contribution in [0.4, 0.5) is 4.39 Å². The van der Waals surface area contributed by atoms with E-state index < -0.39 is 6.17 Å². The lowest BCUT2D eigenvalue weighted by molar-refractivity contribution is 0.175. The van der Waals surface area contributed by atoms with Crippen molar-refractivity contribution in [2.24, 2.45) is 5.92 Å². The maximum Gasteiger partial charge on any atom is 0.115 e. The standard InChI is InChI=1S/C5H9FOS/c6-5-3-8-2-4(5)1-7/h4-5,7H,1-3H2/t4-,5+/m0/s1. The Morgan fingerprint density at radius 3 is 2.62 bits per heavy atom. The molecule has 0 aromatic rings. The molecule has 48 valence electrons. The van der Waals surface area contributed by atoms with Gasteiger partial charge in [0.15, 0.2) is 0 Å². The van der Waals surface area contributed by atoms with Gasteiger partial charge in [0.25, 0.3) is 0 Å². The summed E-state index contributed by atoms with van der Waals surface area (Å²) in [6.45, 7) is 0.00810. The first-order valence-electron chi connectivity index (χ1n) is 2.67. The zero-order valence-electron chi connectivity index (χ0n) is 4.51. The van der Waals surface area contributed by atoms with Crippen molar-refractivity contribution in [3.8, 4) is 0 Å². The molecule has 1 rings (SSSR count). The monoisotopic (exact) mass is 136 g/mol. The molecule has 0 aromatic carbocycles. The highest BCUT2D eigenvalue weighted by Crippen LogP contribution is 2.25. The third-order valence-electron chi connectivity index (χ3n) is 1.36. The van der Waals surface area contributed by atoms with Crippen molar-refractivity contribution in [1.82, 2.24) is 0 Å². The molecule has 0 spiro atoms. The molecule has 0 bridgehead atoms. The highest BCUT2D eigenvalue weighted by molar-refractivity contribution is 7.99. The van der Waals surface area contributed by atoms with Crippen LogP contribution in [0.1, 0.15) is 0 Å². The first kappa shape index (κ1) is 6.36. The average Bonchev–Trinajstić information content (AvgIpc) is 2.14. The van der Waals surface area contributed by atoms with Crippen molar-refractivity contribution in [1.29, 1.82) is 0 Å². The van der Waals surface area contributed by atoms with E-state index in [-0.39, 0.29) is 12.5 Å². The molecule has 1 N–H and O–H groups in total. The Labute approximate surface area is 52.3 Å². The van der Waals surface area contributed by atoms with E-state index in [4.69, 9.17) is 5.11 Å². The minimum absolute atomic E-state index is 0.00810. The van der Waals surface area contributed by atoms with Crippen LogP contribution in [0, 0.1) is 5.92 Å². The molecule has 1 heterocycles. The number of rotatable bonds is 1. The summed E-state index contributed by atoms with van der Waals surface area (Å²) in [5.74, 6) is 1.28. The van der Waals surface area contributed by atoms with E-state index in [1.807, 2.05) is 0 Å². The van der Waals surface area contributed by atoms with Crippen molar-refractivity contribution >= 4 is 11.8 Å². The topological polar surface area (TPSA) is 20.2 Å². The van der Waals surface area contributed by atoms with Gasteiger partial charge < -0.3 is 5.11 Å². The summed E-state index contributed by atoms with van der Waals surface area (Å²) >= 11 is 1.58. The first-order chi connectivity index (χ1) is 3.84. The smallest absolute Gasteiger partial charge is 0.115 e. The lowest BCUT2D eigenvalue weighted by Gasteiger charge is -2.04. The van der Waals surface area contributed by atoms with Crippen LogP contribution >= 0.6 is 11.8 Å². The Morgan fingerprint density at radius 2 is 2.38 bits per heavy atom. The fourth-order valence-corrected chi connectivity index (χ4v) is 1.99. The molecule has 1 nitrogen and oxygen atoms in total. The van der Waals surface area contributed by atoms with Crippen molar-refractivity contribution in [2.75, 3.05) is 18.1 Å². The van der Waals surface area contributed by atoms with Crippen LogP contribution in [-0.2, 0) is 0 Å². The second kappa shape index (κ2) is 2.69. The van der Waals surface area contributed by atoms with E-state index in [0.717, 1.165) is 5.75 Å². The summed E-state index contributed by atoms with van der Waals surface area (Å²) in [4.78, 5) is 0. The molecule has 0 saturated carbocycles. The summed E-state index contributed by atoms with van der Waals surface area (Å²) in [5.41, 5.74) is 0. The van der Waals surface area contributed by atoms with Gasteiger partial charge in [-0.2, -0.15) is 11.8 Å². The predicted octanol–water partition coefficient (Wildman–Crippen LogP) is 0.680. The summed E-state index contributed by atoms with van der Waals surface area (Å²) in [6.07, 6.45) is -0.759. The average molecular weight is 136 g/mol. The minimum atomic E-state index is -0.759. The van der Waals surface area contributed by atoms with Crippen molar-refractivity contribution < 1.29 is 9.50 Å². The van der Waals surface area contributed by atoms with Gasteiger partial charge in [0.2, 0.25) is 0 Å². The Kier molecular flexibility index (Phi) is 2.14. The number of aliphatic hydroxyl groups is 1. The van der Waals surface area contributed by atoms with E-state index in [1.54, 1.807) is 11.8 Å². The van der Waals surface area contributed by atoms with Crippen molar-refractivity contribution in [3.63, 3.8) is 0 Å². The molecule has 3 heteroatoms. The Morgan fingerprint density at radius 1 is 1.62 bits per heavy atom. The Hall–Kier alpha value is 0.240. The first-order valence-corrected chi connectivity index (χ1v) is 3.82. The second-order valence-electron chi connectivity index (χ2n) is 2.00. The fraction of sp³-hybridized carbons (Fsp3) is 1.00. The van der Waals surface area contributed by atoms with Gasteiger partial charge in [-0.05, 0) is 0 Å². The molecule has 0 amide bonds. The Bertz CT molecular complexity index is 78.8. The van der Waals surface area contributed by atoms with Crippen LogP contribution in [0.3, 0.4) is 0 Å². The summed E-state index contributed by atoms with van der Waals surface area (Å²) < 4.78 is 12.4. The normalized spacial score (nSPS) is 38.2. The van der Waals surface area contributed by atoms with Crippen LogP contribution in [0.25, 0.3) is 0 Å². The number of aliphatic hydroxyl groups excluding tert-OH is 1. The molecule has 2 atom stereocenters. The zero-order valence-corrected chi connectivity index (χ0v) is 5.33. The third-order valence-corrected chi connectivity index (χ3v) is 2.57. The van der Waals surface area contributed by atoms with Gasteiger partial charge in [0.05, 0.1) is 0 Å². The van der Waals surface area contributed by atoms with Gasteiger partial charge in [-0.15, -0.1) is 0 Å². The van der Waals surface area contributed by atoms with Gasteiger partial charge in [-0.1, -0.05) is 0 Å². The molecule has 8 heavy (non-hydrogen) atoms. The van der Waals surface area contributed by atoms with Gasteiger partial charge in [-0.25, -0.2) is 4.39 Å². The molecular weight excluding hydrogens is 127 g/mol. The molecular formula is C5H9FOS. The molecule has 0 unspecified atom stereocenters. The van der Waals surface area contributed by atoms with E-state index in [2.05, 4.69) is 0 Å². The lowest BCUT2D eigenvalue weighted by Crippen LogP contribution is -2.16. The molecule has 1 aliphatic heterocycles. The summed E-state index contributed by atoms with van der Waals surface area (Å²) in [5, 5.41) is 8.48. The van der Waals surface area contributed by atoms with Gasteiger partial charge >= 0.3 is 0 Å². The predicted molar refractivity (Wildman–Crippen MR) is 32.8 cm³/mol. The van der Waals surface area contributed by atoms with Gasteiger partial charge in [0, 0.05) is 24.0 Å². The number of hydrogen-bond donors (Lipinski definition) is 1.